The highest BCUT2D eigenvalue weighted by Crippen LogP contribution is 2.05. The van der Waals surface area contributed by atoms with E-state index in [4.69, 9.17) is 4.74 Å². The Bertz CT molecular complexity index is 324. The number of hydrogen-bond donors (Lipinski definition) is 0. The molecule has 0 N–H and O–H groups in total. The summed E-state index contributed by atoms with van der Waals surface area (Å²) in [7, 11) is 0. The van der Waals surface area contributed by atoms with Crippen LogP contribution in [0.15, 0.2) is 42.7 Å². The standard InChI is InChI=1S/C13H16O/c1-3-9-14-10-5-8-13-7-4-6-12(2)11-13/h3-9,11H,10H2,1-2H3/b8-5+,9-3+. The van der Waals surface area contributed by atoms with Gasteiger partial charge in [0.25, 0.3) is 0 Å². The fraction of sp³-hybridized carbons (Fsp3) is 0.231. The van der Waals surface area contributed by atoms with E-state index in [1.54, 1.807) is 6.26 Å². The van der Waals surface area contributed by atoms with Crippen LogP contribution in [0.2, 0.25) is 0 Å². The quantitative estimate of drug-likeness (QED) is 0.518. The number of rotatable bonds is 4. The Kier molecular flexibility index (Phi) is 4.56. The van der Waals surface area contributed by atoms with Gasteiger partial charge in [-0.3, -0.25) is 0 Å². The van der Waals surface area contributed by atoms with Crippen LogP contribution in [0.4, 0.5) is 0 Å². The summed E-state index contributed by atoms with van der Waals surface area (Å²) in [5.41, 5.74) is 2.50. The molecule has 0 spiro atoms. The third-order valence-electron chi connectivity index (χ3n) is 1.78. The van der Waals surface area contributed by atoms with Gasteiger partial charge in [-0.05, 0) is 25.5 Å². The van der Waals surface area contributed by atoms with Gasteiger partial charge in [-0.1, -0.05) is 42.0 Å². The molecule has 0 radical (unpaired) electrons. The maximum absolute atomic E-state index is 5.17. The van der Waals surface area contributed by atoms with E-state index < -0.39 is 0 Å². The van der Waals surface area contributed by atoms with Crippen LogP contribution in [0.5, 0.6) is 0 Å². The Balaban J connectivity index is 2.43. The van der Waals surface area contributed by atoms with Gasteiger partial charge < -0.3 is 4.74 Å². The molecule has 1 heteroatoms. The summed E-state index contributed by atoms with van der Waals surface area (Å²) in [6.07, 6.45) is 7.65. The minimum absolute atomic E-state index is 0.623. The van der Waals surface area contributed by atoms with E-state index in [0.717, 1.165) is 0 Å². The monoisotopic (exact) mass is 188 g/mol. The Hall–Kier alpha value is -1.50. The van der Waals surface area contributed by atoms with E-state index in [1.165, 1.54) is 11.1 Å². The lowest BCUT2D eigenvalue weighted by Gasteiger charge is -1.96. The van der Waals surface area contributed by atoms with Crippen LogP contribution >= 0.6 is 0 Å². The van der Waals surface area contributed by atoms with Crippen LogP contribution in [0, 0.1) is 6.92 Å². The van der Waals surface area contributed by atoms with E-state index >= 15 is 0 Å². The van der Waals surface area contributed by atoms with Gasteiger partial charge in [0.15, 0.2) is 0 Å². The molecule has 0 aliphatic rings. The highest BCUT2D eigenvalue weighted by molar-refractivity contribution is 5.50. The highest BCUT2D eigenvalue weighted by Gasteiger charge is 1.86. The highest BCUT2D eigenvalue weighted by atomic mass is 16.5. The SMILES string of the molecule is C/C=C/OC/C=C/c1cccc(C)c1. The van der Waals surface area contributed by atoms with Crippen molar-refractivity contribution >= 4 is 6.08 Å². The van der Waals surface area contributed by atoms with Crippen molar-refractivity contribution in [1.82, 2.24) is 0 Å². The lowest BCUT2D eigenvalue weighted by molar-refractivity contribution is 0.290. The van der Waals surface area contributed by atoms with E-state index in [1.807, 2.05) is 19.1 Å². The molecule has 0 aliphatic carbocycles. The Morgan fingerprint density at radius 2 is 2.21 bits per heavy atom. The van der Waals surface area contributed by atoms with Gasteiger partial charge >= 0.3 is 0 Å². The largest absolute Gasteiger partial charge is 0.497 e. The summed E-state index contributed by atoms with van der Waals surface area (Å²) in [6, 6.07) is 8.38. The lowest BCUT2D eigenvalue weighted by atomic mass is 10.1. The Morgan fingerprint density at radius 3 is 2.93 bits per heavy atom. The summed E-state index contributed by atoms with van der Waals surface area (Å²) < 4.78 is 5.17. The van der Waals surface area contributed by atoms with Crippen molar-refractivity contribution < 1.29 is 4.74 Å². The number of ether oxygens (including phenoxy) is 1. The van der Waals surface area contributed by atoms with Gasteiger partial charge in [0, 0.05) is 0 Å². The Morgan fingerprint density at radius 1 is 1.36 bits per heavy atom. The van der Waals surface area contributed by atoms with E-state index in [-0.39, 0.29) is 0 Å². The number of hydrogen-bond acceptors (Lipinski definition) is 1. The molecular formula is C13H16O. The molecule has 1 aromatic rings. The second-order valence-electron chi connectivity index (χ2n) is 3.12. The molecule has 0 aromatic heterocycles. The van der Waals surface area contributed by atoms with Gasteiger partial charge in [0.1, 0.15) is 6.61 Å². The third kappa shape index (κ3) is 3.94. The van der Waals surface area contributed by atoms with Gasteiger partial charge in [-0.25, -0.2) is 0 Å². The van der Waals surface area contributed by atoms with Crippen molar-refractivity contribution in [2.75, 3.05) is 6.61 Å². The van der Waals surface area contributed by atoms with Crippen LogP contribution in [0.1, 0.15) is 18.1 Å². The molecule has 1 rings (SSSR count). The van der Waals surface area contributed by atoms with Gasteiger partial charge in [-0.2, -0.15) is 0 Å². The third-order valence-corrected chi connectivity index (χ3v) is 1.78. The average molecular weight is 188 g/mol. The van der Waals surface area contributed by atoms with Crippen LogP contribution < -0.4 is 0 Å². The second-order valence-corrected chi connectivity index (χ2v) is 3.12. The van der Waals surface area contributed by atoms with Crippen molar-refractivity contribution in [1.29, 1.82) is 0 Å². The van der Waals surface area contributed by atoms with Crippen molar-refractivity contribution in [3.8, 4) is 0 Å². The summed E-state index contributed by atoms with van der Waals surface area (Å²) in [5.74, 6) is 0. The summed E-state index contributed by atoms with van der Waals surface area (Å²) >= 11 is 0. The molecule has 1 aromatic carbocycles. The fourth-order valence-electron chi connectivity index (χ4n) is 1.17. The number of benzene rings is 1. The zero-order valence-electron chi connectivity index (χ0n) is 8.73. The zero-order valence-corrected chi connectivity index (χ0v) is 8.73. The molecule has 0 saturated heterocycles. The van der Waals surface area contributed by atoms with Gasteiger partial charge in [0.2, 0.25) is 0 Å². The van der Waals surface area contributed by atoms with Crippen LogP contribution in [0.25, 0.3) is 6.08 Å². The summed E-state index contributed by atoms with van der Waals surface area (Å²) in [5, 5.41) is 0. The predicted octanol–water partition coefficient (Wildman–Crippen LogP) is 3.56. The number of allylic oxidation sites excluding steroid dienone is 1. The van der Waals surface area contributed by atoms with Crippen molar-refractivity contribution in [2.24, 2.45) is 0 Å². The van der Waals surface area contributed by atoms with E-state index in [0.29, 0.717) is 6.61 Å². The van der Waals surface area contributed by atoms with Crippen molar-refractivity contribution in [3.05, 3.63) is 53.8 Å². The first-order valence-electron chi connectivity index (χ1n) is 4.79. The van der Waals surface area contributed by atoms with Crippen LogP contribution in [0.3, 0.4) is 0 Å². The van der Waals surface area contributed by atoms with Crippen LogP contribution in [-0.4, -0.2) is 6.61 Å². The molecule has 0 atom stereocenters. The molecule has 0 bridgehead atoms. The summed E-state index contributed by atoms with van der Waals surface area (Å²) in [6.45, 7) is 4.65. The van der Waals surface area contributed by atoms with E-state index in [9.17, 15) is 0 Å². The van der Waals surface area contributed by atoms with Gasteiger partial charge in [-0.15, -0.1) is 0 Å². The molecule has 74 valence electrons. The fourth-order valence-corrected chi connectivity index (χ4v) is 1.17. The topological polar surface area (TPSA) is 9.23 Å². The minimum atomic E-state index is 0.623. The van der Waals surface area contributed by atoms with Crippen LogP contribution in [-0.2, 0) is 4.74 Å². The van der Waals surface area contributed by atoms with Crippen molar-refractivity contribution in [3.63, 3.8) is 0 Å². The zero-order chi connectivity index (χ0) is 10.2. The molecular weight excluding hydrogens is 172 g/mol. The molecule has 14 heavy (non-hydrogen) atoms. The molecule has 0 fully saturated rings. The second kappa shape index (κ2) is 6.03. The summed E-state index contributed by atoms with van der Waals surface area (Å²) in [4.78, 5) is 0. The normalized spacial score (nSPS) is 11.3. The predicted molar refractivity (Wildman–Crippen MR) is 61.0 cm³/mol. The van der Waals surface area contributed by atoms with E-state index in [2.05, 4.69) is 37.3 Å². The first-order chi connectivity index (χ1) is 6.83. The minimum Gasteiger partial charge on any atom is -0.497 e. The molecule has 0 aliphatic heterocycles. The molecule has 0 amide bonds. The molecule has 0 saturated carbocycles. The molecule has 0 heterocycles. The number of aryl methyl sites for hydroxylation is 1. The Labute approximate surface area is 85.7 Å². The first kappa shape index (κ1) is 10.6. The molecule has 1 nitrogen and oxygen atoms in total. The average Bonchev–Trinajstić information content (AvgIpc) is 2.18. The smallest absolute Gasteiger partial charge is 0.106 e. The maximum atomic E-state index is 5.17. The van der Waals surface area contributed by atoms with Crippen molar-refractivity contribution in [2.45, 2.75) is 13.8 Å². The first-order valence-corrected chi connectivity index (χ1v) is 4.79. The molecule has 0 unspecified atom stereocenters. The maximum Gasteiger partial charge on any atom is 0.106 e. The van der Waals surface area contributed by atoms with Gasteiger partial charge in [0.05, 0.1) is 6.26 Å². The lowest BCUT2D eigenvalue weighted by Crippen LogP contribution is -1.80.